The third-order valence-electron chi connectivity index (χ3n) is 2.90. The van der Waals surface area contributed by atoms with Crippen molar-refractivity contribution in [2.45, 2.75) is 64.7 Å². The molecule has 1 N–H and O–H groups in total. The van der Waals surface area contributed by atoms with E-state index in [1.54, 1.807) is 0 Å². The van der Waals surface area contributed by atoms with E-state index in [4.69, 9.17) is 9.47 Å². The van der Waals surface area contributed by atoms with E-state index in [2.05, 4.69) is 33.0 Å². The summed E-state index contributed by atoms with van der Waals surface area (Å²) >= 11 is 0. The quantitative estimate of drug-likeness (QED) is 0.709. The number of ether oxygens (including phenoxy) is 2. The van der Waals surface area contributed by atoms with Gasteiger partial charge >= 0.3 is 0 Å². The van der Waals surface area contributed by atoms with E-state index in [0.29, 0.717) is 12.1 Å². The normalized spacial score (nSPS) is 24.9. The molecule has 1 fully saturated rings. The van der Waals surface area contributed by atoms with Crippen molar-refractivity contribution in [1.29, 1.82) is 0 Å². The summed E-state index contributed by atoms with van der Waals surface area (Å²) in [5.41, 5.74) is 0.0460. The van der Waals surface area contributed by atoms with Crippen molar-refractivity contribution in [3.63, 3.8) is 0 Å². The fraction of sp³-hybridized carbons (Fsp3) is 1.00. The lowest BCUT2D eigenvalue weighted by Gasteiger charge is -2.36. The van der Waals surface area contributed by atoms with Gasteiger partial charge in [0.15, 0.2) is 0 Å². The predicted octanol–water partition coefficient (Wildman–Crippen LogP) is 2.35. The highest BCUT2D eigenvalue weighted by atomic mass is 16.5. The Hall–Kier alpha value is -0.120. The molecule has 16 heavy (non-hydrogen) atoms. The summed E-state index contributed by atoms with van der Waals surface area (Å²) in [6, 6.07) is 0.614. The maximum Gasteiger partial charge on any atom is 0.0641 e. The van der Waals surface area contributed by atoms with Gasteiger partial charge in [-0.15, -0.1) is 0 Å². The first kappa shape index (κ1) is 13.9. The van der Waals surface area contributed by atoms with Crippen LogP contribution in [0.5, 0.6) is 0 Å². The molecule has 1 atom stereocenters. The number of hydrogen-bond donors (Lipinski definition) is 1. The highest BCUT2D eigenvalue weighted by molar-refractivity contribution is 4.82. The zero-order valence-corrected chi connectivity index (χ0v) is 11.2. The van der Waals surface area contributed by atoms with Gasteiger partial charge in [-0.3, -0.25) is 0 Å². The number of nitrogens with one attached hydrogen (secondary N) is 1. The van der Waals surface area contributed by atoms with E-state index in [9.17, 15) is 0 Å². The van der Waals surface area contributed by atoms with Crippen molar-refractivity contribution in [2.24, 2.45) is 0 Å². The van der Waals surface area contributed by atoms with Crippen LogP contribution in [0.1, 0.15) is 47.0 Å². The first-order valence-corrected chi connectivity index (χ1v) is 6.48. The topological polar surface area (TPSA) is 30.5 Å². The maximum atomic E-state index is 5.69. The second kappa shape index (κ2) is 6.58. The molecule has 0 bridgehead atoms. The molecule has 1 aliphatic heterocycles. The molecule has 1 unspecified atom stereocenters. The van der Waals surface area contributed by atoms with Gasteiger partial charge in [0.05, 0.1) is 11.7 Å². The molecule has 1 aliphatic rings. The van der Waals surface area contributed by atoms with E-state index < -0.39 is 0 Å². The minimum absolute atomic E-state index is 0.0460. The Morgan fingerprint density at radius 3 is 2.81 bits per heavy atom. The Balaban J connectivity index is 2.04. The van der Waals surface area contributed by atoms with Crippen molar-refractivity contribution in [1.82, 2.24) is 5.32 Å². The fourth-order valence-electron chi connectivity index (χ4n) is 2.10. The molecule has 1 rings (SSSR count). The maximum absolute atomic E-state index is 5.69. The molecular weight excluding hydrogens is 202 g/mol. The molecule has 96 valence electrons. The van der Waals surface area contributed by atoms with Gasteiger partial charge in [0, 0.05) is 19.3 Å². The highest BCUT2D eigenvalue weighted by Gasteiger charge is 2.28. The Labute approximate surface area is 99.9 Å². The standard InChI is InChI=1S/C13H27NO2/c1-11(2)15-8-5-7-14-12-6-9-16-13(3,4)10-12/h11-12,14H,5-10H2,1-4H3. The highest BCUT2D eigenvalue weighted by Crippen LogP contribution is 2.23. The summed E-state index contributed by atoms with van der Waals surface area (Å²) in [6.07, 6.45) is 3.68. The molecule has 0 saturated carbocycles. The molecule has 1 saturated heterocycles. The molecule has 0 aliphatic carbocycles. The summed E-state index contributed by atoms with van der Waals surface area (Å²) in [7, 11) is 0. The van der Waals surface area contributed by atoms with Crippen molar-refractivity contribution < 1.29 is 9.47 Å². The minimum Gasteiger partial charge on any atom is -0.379 e. The first-order chi connectivity index (χ1) is 7.49. The van der Waals surface area contributed by atoms with E-state index >= 15 is 0 Å². The van der Waals surface area contributed by atoms with Crippen LogP contribution in [0.2, 0.25) is 0 Å². The molecule has 0 aromatic heterocycles. The van der Waals surface area contributed by atoms with Crippen molar-refractivity contribution in [3.8, 4) is 0 Å². The molecule has 0 radical (unpaired) electrons. The van der Waals surface area contributed by atoms with Crippen LogP contribution in [0.15, 0.2) is 0 Å². The Bertz CT molecular complexity index is 192. The number of rotatable bonds is 6. The van der Waals surface area contributed by atoms with Crippen LogP contribution in [0.4, 0.5) is 0 Å². The lowest BCUT2D eigenvalue weighted by atomic mass is 9.94. The van der Waals surface area contributed by atoms with Gasteiger partial charge in [0.1, 0.15) is 0 Å². The first-order valence-electron chi connectivity index (χ1n) is 6.48. The van der Waals surface area contributed by atoms with Crippen LogP contribution in [0.3, 0.4) is 0 Å². The molecule has 0 aromatic rings. The largest absolute Gasteiger partial charge is 0.379 e. The molecule has 0 aromatic carbocycles. The van der Waals surface area contributed by atoms with Gasteiger partial charge < -0.3 is 14.8 Å². The summed E-state index contributed by atoms with van der Waals surface area (Å²) in [4.78, 5) is 0. The Morgan fingerprint density at radius 2 is 2.19 bits per heavy atom. The summed E-state index contributed by atoms with van der Waals surface area (Å²) in [5.74, 6) is 0. The van der Waals surface area contributed by atoms with Crippen LogP contribution in [-0.4, -0.2) is 37.5 Å². The van der Waals surface area contributed by atoms with E-state index in [-0.39, 0.29) is 5.60 Å². The lowest BCUT2D eigenvalue weighted by molar-refractivity contribution is -0.0629. The van der Waals surface area contributed by atoms with Gasteiger partial charge in [-0.25, -0.2) is 0 Å². The minimum atomic E-state index is 0.0460. The molecular formula is C13H27NO2. The summed E-state index contributed by atoms with van der Waals surface area (Å²) in [6.45, 7) is 11.3. The Morgan fingerprint density at radius 1 is 1.44 bits per heavy atom. The van der Waals surface area contributed by atoms with Crippen molar-refractivity contribution >= 4 is 0 Å². The zero-order valence-electron chi connectivity index (χ0n) is 11.2. The van der Waals surface area contributed by atoms with Crippen LogP contribution >= 0.6 is 0 Å². The predicted molar refractivity (Wildman–Crippen MR) is 66.8 cm³/mol. The van der Waals surface area contributed by atoms with Crippen LogP contribution in [0, 0.1) is 0 Å². The average Bonchev–Trinajstić information content (AvgIpc) is 2.15. The Kier molecular flexibility index (Phi) is 5.73. The van der Waals surface area contributed by atoms with E-state index in [1.165, 1.54) is 0 Å². The lowest BCUT2D eigenvalue weighted by Crippen LogP contribution is -2.44. The average molecular weight is 229 g/mol. The van der Waals surface area contributed by atoms with Gasteiger partial charge in [-0.05, 0) is 53.5 Å². The van der Waals surface area contributed by atoms with Crippen LogP contribution in [0.25, 0.3) is 0 Å². The zero-order chi connectivity index (χ0) is 12.0. The van der Waals surface area contributed by atoms with Crippen molar-refractivity contribution in [3.05, 3.63) is 0 Å². The van der Waals surface area contributed by atoms with Crippen LogP contribution < -0.4 is 5.32 Å². The summed E-state index contributed by atoms with van der Waals surface area (Å²) < 4.78 is 11.2. The number of hydrogen-bond acceptors (Lipinski definition) is 3. The molecule has 0 amide bonds. The SMILES string of the molecule is CC(C)OCCCNC1CCOC(C)(C)C1. The third-order valence-corrected chi connectivity index (χ3v) is 2.90. The second-order valence-electron chi connectivity index (χ2n) is 5.53. The third kappa shape index (κ3) is 5.83. The summed E-state index contributed by atoms with van der Waals surface area (Å²) in [5, 5.41) is 3.59. The van der Waals surface area contributed by atoms with Gasteiger partial charge in [-0.2, -0.15) is 0 Å². The van der Waals surface area contributed by atoms with Crippen LogP contribution in [-0.2, 0) is 9.47 Å². The smallest absolute Gasteiger partial charge is 0.0641 e. The van der Waals surface area contributed by atoms with Gasteiger partial charge in [0.25, 0.3) is 0 Å². The molecule has 3 nitrogen and oxygen atoms in total. The van der Waals surface area contributed by atoms with E-state index in [1.807, 2.05) is 0 Å². The van der Waals surface area contributed by atoms with Gasteiger partial charge in [0.2, 0.25) is 0 Å². The van der Waals surface area contributed by atoms with E-state index in [0.717, 1.165) is 39.0 Å². The fourth-order valence-corrected chi connectivity index (χ4v) is 2.10. The monoisotopic (exact) mass is 229 g/mol. The second-order valence-corrected chi connectivity index (χ2v) is 5.53. The molecule has 1 heterocycles. The van der Waals surface area contributed by atoms with Crippen molar-refractivity contribution in [2.75, 3.05) is 19.8 Å². The molecule has 0 spiro atoms. The van der Waals surface area contributed by atoms with Gasteiger partial charge in [-0.1, -0.05) is 0 Å². The molecule has 3 heteroatoms.